The monoisotopic (exact) mass is 378 g/mol. The third-order valence-corrected chi connectivity index (χ3v) is 4.05. The fourth-order valence-electron chi connectivity index (χ4n) is 1.79. The molecule has 0 saturated carbocycles. The number of hydrogen-bond acceptors (Lipinski definition) is 2. The van der Waals surface area contributed by atoms with Crippen LogP contribution in [0, 0.1) is 0 Å². The van der Waals surface area contributed by atoms with E-state index < -0.39 is 11.7 Å². The van der Waals surface area contributed by atoms with Crippen LogP contribution in [0.15, 0.2) is 41.0 Å². The van der Waals surface area contributed by atoms with Crippen LogP contribution >= 0.6 is 27.5 Å². The molecule has 0 amide bonds. The molecule has 7 heteroatoms. The van der Waals surface area contributed by atoms with Crippen LogP contribution < -0.4 is 5.32 Å². The van der Waals surface area contributed by atoms with Crippen molar-refractivity contribution >= 4 is 33.2 Å². The van der Waals surface area contributed by atoms with Gasteiger partial charge in [-0.2, -0.15) is 13.2 Å². The average Bonchev–Trinajstić information content (AvgIpc) is 2.42. The van der Waals surface area contributed by atoms with E-state index in [9.17, 15) is 13.2 Å². The van der Waals surface area contributed by atoms with Gasteiger partial charge < -0.3 is 5.32 Å². The van der Waals surface area contributed by atoms with Crippen molar-refractivity contribution < 1.29 is 13.2 Å². The van der Waals surface area contributed by atoms with Gasteiger partial charge in [-0.15, -0.1) is 0 Å². The van der Waals surface area contributed by atoms with Crippen LogP contribution in [0.4, 0.5) is 18.9 Å². The molecular weight excluding hydrogens is 369 g/mol. The Morgan fingerprint density at radius 3 is 2.38 bits per heavy atom. The van der Waals surface area contributed by atoms with Gasteiger partial charge in [0.15, 0.2) is 0 Å². The number of hydrogen-bond donors (Lipinski definition) is 1. The lowest BCUT2D eigenvalue weighted by Gasteiger charge is -2.16. The first-order valence-corrected chi connectivity index (χ1v) is 7.19. The molecule has 0 aliphatic carbocycles. The van der Waals surface area contributed by atoms with Crippen molar-refractivity contribution in [1.82, 2.24) is 4.98 Å². The molecule has 1 aromatic carbocycles. The molecule has 1 aromatic heterocycles. The summed E-state index contributed by atoms with van der Waals surface area (Å²) in [4.78, 5) is 3.98. The van der Waals surface area contributed by atoms with Crippen molar-refractivity contribution in [3.05, 3.63) is 57.3 Å². The van der Waals surface area contributed by atoms with Gasteiger partial charge in [-0.25, -0.2) is 4.98 Å². The molecule has 2 aromatic rings. The first-order valence-electron chi connectivity index (χ1n) is 6.02. The number of anilines is 1. The number of halogens is 5. The Balaban J connectivity index is 2.13. The Bertz CT molecular complexity index is 629. The molecule has 0 aliphatic rings. The van der Waals surface area contributed by atoms with Gasteiger partial charge in [-0.1, -0.05) is 23.7 Å². The summed E-state index contributed by atoms with van der Waals surface area (Å²) in [5.74, 6) is 0. The van der Waals surface area contributed by atoms with Gasteiger partial charge in [-0.05, 0) is 46.6 Å². The molecule has 0 aliphatic heterocycles. The predicted molar refractivity (Wildman–Crippen MR) is 80.4 cm³/mol. The van der Waals surface area contributed by atoms with Crippen LogP contribution in [0.25, 0.3) is 0 Å². The van der Waals surface area contributed by atoms with Gasteiger partial charge in [0, 0.05) is 6.04 Å². The van der Waals surface area contributed by atoms with Crippen LogP contribution in [-0.4, -0.2) is 4.98 Å². The number of benzene rings is 1. The molecular formula is C14H11BrClF3N2. The molecule has 0 spiro atoms. The normalized spacial score (nSPS) is 13.0. The first kappa shape index (κ1) is 16.1. The molecule has 21 heavy (non-hydrogen) atoms. The van der Waals surface area contributed by atoms with E-state index in [0.29, 0.717) is 9.63 Å². The minimum absolute atomic E-state index is 0.165. The van der Waals surface area contributed by atoms with E-state index in [1.165, 1.54) is 12.1 Å². The smallest absolute Gasteiger partial charge is 0.377 e. The highest BCUT2D eigenvalue weighted by molar-refractivity contribution is 9.10. The second-order valence-corrected chi connectivity index (χ2v) is 5.69. The average molecular weight is 380 g/mol. The highest BCUT2D eigenvalue weighted by atomic mass is 79.9. The fraction of sp³-hybridized carbons (Fsp3) is 0.214. The molecule has 1 N–H and O–H groups in total. The minimum atomic E-state index is -4.32. The van der Waals surface area contributed by atoms with Gasteiger partial charge in [0.25, 0.3) is 0 Å². The van der Waals surface area contributed by atoms with Crippen LogP contribution in [0.3, 0.4) is 0 Å². The molecule has 0 fully saturated rings. The van der Waals surface area contributed by atoms with Gasteiger partial charge in [-0.3, -0.25) is 0 Å². The molecule has 1 atom stereocenters. The third kappa shape index (κ3) is 4.11. The van der Waals surface area contributed by atoms with Crippen LogP contribution in [0.2, 0.25) is 5.15 Å². The predicted octanol–water partition coefficient (Wildman–Crippen LogP) is 5.69. The molecule has 0 radical (unpaired) electrons. The summed E-state index contributed by atoms with van der Waals surface area (Å²) in [5.41, 5.74) is 0.807. The second-order valence-electron chi connectivity index (χ2n) is 4.48. The molecule has 0 bridgehead atoms. The maximum absolute atomic E-state index is 12.5. The number of nitrogens with one attached hydrogen (secondary N) is 1. The Morgan fingerprint density at radius 1 is 1.24 bits per heavy atom. The Morgan fingerprint density at radius 2 is 1.86 bits per heavy atom. The molecule has 112 valence electrons. The first-order chi connectivity index (χ1) is 9.77. The second kappa shape index (κ2) is 6.23. The fourth-order valence-corrected chi connectivity index (χ4v) is 2.25. The van der Waals surface area contributed by atoms with Gasteiger partial charge in [0.2, 0.25) is 0 Å². The van der Waals surface area contributed by atoms with Crippen LogP contribution in [0.1, 0.15) is 24.1 Å². The van der Waals surface area contributed by atoms with Crippen molar-refractivity contribution in [1.29, 1.82) is 0 Å². The van der Waals surface area contributed by atoms with E-state index in [4.69, 9.17) is 11.6 Å². The largest absolute Gasteiger partial charge is 0.416 e. The number of rotatable bonds is 3. The van der Waals surface area contributed by atoms with Gasteiger partial charge in [0.1, 0.15) is 5.15 Å². The summed E-state index contributed by atoms with van der Waals surface area (Å²) in [5, 5.41) is 3.50. The van der Waals surface area contributed by atoms with Crippen molar-refractivity contribution in [2.75, 3.05) is 5.32 Å². The highest BCUT2D eigenvalue weighted by Gasteiger charge is 2.30. The Kier molecular flexibility index (Phi) is 4.78. The number of nitrogens with zero attached hydrogens (tertiary/aromatic N) is 1. The van der Waals surface area contributed by atoms with Crippen molar-refractivity contribution in [3.63, 3.8) is 0 Å². The minimum Gasteiger partial charge on any atom is -0.377 e. The van der Waals surface area contributed by atoms with Gasteiger partial charge >= 0.3 is 6.18 Å². The van der Waals surface area contributed by atoms with E-state index in [1.807, 2.05) is 6.92 Å². The summed E-state index contributed by atoms with van der Waals surface area (Å²) < 4.78 is 38.2. The topological polar surface area (TPSA) is 24.9 Å². The lowest BCUT2D eigenvalue weighted by molar-refractivity contribution is -0.137. The molecule has 2 rings (SSSR count). The van der Waals surface area contributed by atoms with E-state index in [1.54, 1.807) is 12.3 Å². The van der Waals surface area contributed by atoms with E-state index in [-0.39, 0.29) is 6.04 Å². The molecule has 1 unspecified atom stereocenters. The zero-order valence-electron chi connectivity index (χ0n) is 10.9. The summed E-state index contributed by atoms with van der Waals surface area (Å²) in [6.45, 7) is 1.85. The summed E-state index contributed by atoms with van der Waals surface area (Å²) in [6, 6.07) is 6.66. The maximum atomic E-state index is 12.5. The van der Waals surface area contributed by atoms with Gasteiger partial charge in [0.05, 0.1) is 21.9 Å². The summed E-state index contributed by atoms with van der Waals surface area (Å²) in [7, 11) is 0. The molecule has 0 saturated heterocycles. The number of alkyl halides is 3. The Labute approximate surface area is 133 Å². The standard InChI is InChI=1S/C14H11BrClF3N2/c1-8(21-11-6-12(15)13(16)20-7-11)9-2-4-10(5-3-9)14(17,18)19/h2-8,21H,1H3. The summed E-state index contributed by atoms with van der Waals surface area (Å²) >= 11 is 9.07. The van der Waals surface area contributed by atoms with Crippen molar-refractivity contribution in [3.8, 4) is 0 Å². The molecule has 1 heterocycles. The zero-order valence-corrected chi connectivity index (χ0v) is 13.2. The quantitative estimate of drug-likeness (QED) is 0.693. The third-order valence-electron chi connectivity index (χ3n) is 2.92. The zero-order chi connectivity index (χ0) is 15.6. The van der Waals surface area contributed by atoms with Crippen LogP contribution in [0.5, 0.6) is 0 Å². The molecule has 2 nitrogen and oxygen atoms in total. The highest BCUT2D eigenvalue weighted by Crippen LogP contribution is 2.31. The lowest BCUT2D eigenvalue weighted by atomic mass is 10.1. The summed E-state index contributed by atoms with van der Waals surface area (Å²) in [6.07, 6.45) is -2.76. The van der Waals surface area contributed by atoms with Crippen molar-refractivity contribution in [2.24, 2.45) is 0 Å². The lowest BCUT2D eigenvalue weighted by Crippen LogP contribution is -2.09. The van der Waals surface area contributed by atoms with E-state index in [0.717, 1.165) is 23.4 Å². The Hall–Kier alpha value is -1.27. The maximum Gasteiger partial charge on any atom is 0.416 e. The van der Waals surface area contributed by atoms with Crippen LogP contribution in [-0.2, 0) is 6.18 Å². The number of aromatic nitrogens is 1. The SMILES string of the molecule is CC(Nc1cnc(Cl)c(Br)c1)c1ccc(C(F)(F)F)cc1. The van der Waals surface area contributed by atoms with E-state index in [2.05, 4.69) is 26.2 Å². The number of pyridine rings is 1. The van der Waals surface area contributed by atoms with Crippen molar-refractivity contribution in [2.45, 2.75) is 19.1 Å². The van der Waals surface area contributed by atoms with E-state index >= 15 is 0 Å².